The van der Waals surface area contributed by atoms with Crippen molar-refractivity contribution >= 4 is 43.5 Å². The molecule has 0 aliphatic rings. The summed E-state index contributed by atoms with van der Waals surface area (Å²) in [5.74, 6) is -0.153. The highest BCUT2D eigenvalue weighted by molar-refractivity contribution is 9.10. The van der Waals surface area contributed by atoms with Crippen molar-refractivity contribution in [3.05, 3.63) is 56.7 Å². The van der Waals surface area contributed by atoms with Crippen LogP contribution >= 0.6 is 31.9 Å². The van der Waals surface area contributed by atoms with Crippen LogP contribution in [0.2, 0.25) is 0 Å². The van der Waals surface area contributed by atoms with Gasteiger partial charge in [0.15, 0.2) is 0 Å². The SMILES string of the molecule is Cc1cc(Br)cc(C(=O)Nc2cncc(Br)c2)c1. The highest BCUT2D eigenvalue weighted by atomic mass is 79.9. The Hall–Kier alpha value is -1.20. The van der Waals surface area contributed by atoms with Gasteiger partial charge in [-0.2, -0.15) is 0 Å². The summed E-state index contributed by atoms with van der Waals surface area (Å²) in [6, 6.07) is 7.38. The number of halogens is 2. The third-order valence-electron chi connectivity index (χ3n) is 2.27. The molecule has 92 valence electrons. The second-order valence-electron chi connectivity index (χ2n) is 3.86. The number of pyridine rings is 1. The van der Waals surface area contributed by atoms with Crippen molar-refractivity contribution in [3.63, 3.8) is 0 Å². The number of hydrogen-bond donors (Lipinski definition) is 1. The molecule has 0 radical (unpaired) electrons. The lowest BCUT2D eigenvalue weighted by Crippen LogP contribution is -2.12. The Morgan fingerprint density at radius 2 is 1.89 bits per heavy atom. The minimum atomic E-state index is -0.153. The van der Waals surface area contributed by atoms with Crippen LogP contribution in [0, 0.1) is 6.92 Å². The molecule has 1 N–H and O–H groups in total. The average molecular weight is 370 g/mol. The van der Waals surface area contributed by atoms with Gasteiger partial charge in [-0.05, 0) is 52.7 Å². The summed E-state index contributed by atoms with van der Waals surface area (Å²) < 4.78 is 1.71. The summed E-state index contributed by atoms with van der Waals surface area (Å²) in [6.45, 7) is 1.95. The van der Waals surface area contributed by atoms with Crippen molar-refractivity contribution in [3.8, 4) is 0 Å². The van der Waals surface area contributed by atoms with Crippen molar-refractivity contribution in [1.29, 1.82) is 0 Å². The number of anilines is 1. The number of aryl methyl sites for hydroxylation is 1. The largest absolute Gasteiger partial charge is 0.321 e. The Labute approximate surface area is 122 Å². The molecule has 0 saturated carbocycles. The van der Waals surface area contributed by atoms with Crippen LogP contribution in [-0.2, 0) is 0 Å². The Balaban J connectivity index is 2.22. The fourth-order valence-corrected chi connectivity index (χ4v) is 2.52. The second-order valence-corrected chi connectivity index (χ2v) is 5.69. The van der Waals surface area contributed by atoms with Gasteiger partial charge >= 0.3 is 0 Å². The van der Waals surface area contributed by atoms with E-state index in [0.717, 1.165) is 14.5 Å². The zero-order valence-corrected chi connectivity index (χ0v) is 12.7. The van der Waals surface area contributed by atoms with E-state index in [0.29, 0.717) is 11.3 Å². The monoisotopic (exact) mass is 368 g/mol. The van der Waals surface area contributed by atoms with Gasteiger partial charge in [-0.1, -0.05) is 15.9 Å². The van der Waals surface area contributed by atoms with Crippen molar-refractivity contribution in [2.75, 3.05) is 5.32 Å². The summed E-state index contributed by atoms with van der Waals surface area (Å²) in [7, 11) is 0. The maximum atomic E-state index is 12.1. The molecule has 0 atom stereocenters. The minimum Gasteiger partial charge on any atom is -0.321 e. The van der Waals surface area contributed by atoms with E-state index in [9.17, 15) is 4.79 Å². The van der Waals surface area contributed by atoms with Crippen molar-refractivity contribution in [2.45, 2.75) is 6.92 Å². The number of amides is 1. The van der Waals surface area contributed by atoms with Gasteiger partial charge in [0.2, 0.25) is 0 Å². The molecule has 1 amide bonds. The van der Waals surface area contributed by atoms with Crippen LogP contribution in [0.15, 0.2) is 45.6 Å². The molecule has 0 saturated heterocycles. The Morgan fingerprint density at radius 1 is 1.11 bits per heavy atom. The van der Waals surface area contributed by atoms with E-state index in [4.69, 9.17) is 0 Å². The van der Waals surface area contributed by atoms with E-state index >= 15 is 0 Å². The fraction of sp³-hybridized carbons (Fsp3) is 0.0769. The lowest BCUT2D eigenvalue weighted by atomic mass is 10.1. The number of nitrogens with one attached hydrogen (secondary N) is 1. The summed E-state index contributed by atoms with van der Waals surface area (Å²) in [5.41, 5.74) is 2.30. The summed E-state index contributed by atoms with van der Waals surface area (Å²) >= 11 is 6.69. The molecule has 3 nitrogen and oxygen atoms in total. The highest BCUT2D eigenvalue weighted by Gasteiger charge is 2.08. The number of carbonyl (C=O) groups is 1. The first-order chi connectivity index (χ1) is 8.54. The van der Waals surface area contributed by atoms with E-state index in [2.05, 4.69) is 42.2 Å². The van der Waals surface area contributed by atoms with Crippen LogP contribution in [-0.4, -0.2) is 10.9 Å². The standard InChI is InChI=1S/C13H10Br2N2O/c1-8-2-9(4-10(14)3-8)13(18)17-12-5-11(15)6-16-7-12/h2-7H,1H3,(H,17,18). The van der Waals surface area contributed by atoms with Crippen LogP contribution in [0.4, 0.5) is 5.69 Å². The van der Waals surface area contributed by atoms with Gasteiger partial charge in [0.1, 0.15) is 0 Å². The van der Waals surface area contributed by atoms with E-state index in [1.807, 2.05) is 19.1 Å². The van der Waals surface area contributed by atoms with E-state index in [1.54, 1.807) is 24.5 Å². The highest BCUT2D eigenvalue weighted by Crippen LogP contribution is 2.18. The van der Waals surface area contributed by atoms with E-state index in [1.165, 1.54) is 0 Å². The first kappa shape index (κ1) is 13.2. The number of rotatable bonds is 2. The lowest BCUT2D eigenvalue weighted by Gasteiger charge is -2.06. The molecule has 0 aliphatic carbocycles. The van der Waals surface area contributed by atoms with E-state index < -0.39 is 0 Å². The molecule has 0 bridgehead atoms. The molecule has 0 spiro atoms. The Bertz CT molecular complexity index is 579. The van der Waals surface area contributed by atoms with Gasteiger partial charge in [-0.3, -0.25) is 9.78 Å². The van der Waals surface area contributed by atoms with Crippen LogP contribution in [0.1, 0.15) is 15.9 Å². The number of benzene rings is 1. The molecule has 0 fully saturated rings. The van der Waals surface area contributed by atoms with Gasteiger partial charge in [0, 0.05) is 20.7 Å². The predicted octanol–water partition coefficient (Wildman–Crippen LogP) is 4.17. The normalized spacial score (nSPS) is 10.2. The quantitative estimate of drug-likeness (QED) is 0.863. The van der Waals surface area contributed by atoms with Gasteiger partial charge in [-0.25, -0.2) is 0 Å². The zero-order chi connectivity index (χ0) is 13.1. The molecule has 18 heavy (non-hydrogen) atoms. The smallest absolute Gasteiger partial charge is 0.255 e. The molecule has 2 rings (SSSR count). The molecule has 0 unspecified atom stereocenters. The number of aromatic nitrogens is 1. The number of nitrogens with zero attached hydrogens (tertiary/aromatic N) is 1. The molecule has 1 aromatic carbocycles. The van der Waals surface area contributed by atoms with E-state index in [-0.39, 0.29) is 5.91 Å². The molecule has 0 aliphatic heterocycles. The van der Waals surface area contributed by atoms with Gasteiger partial charge in [0.25, 0.3) is 5.91 Å². The zero-order valence-electron chi connectivity index (χ0n) is 9.58. The third-order valence-corrected chi connectivity index (χ3v) is 3.16. The van der Waals surface area contributed by atoms with Crippen LogP contribution in [0.25, 0.3) is 0 Å². The Kier molecular flexibility index (Phi) is 4.14. The van der Waals surface area contributed by atoms with Gasteiger partial charge < -0.3 is 5.32 Å². The van der Waals surface area contributed by atoms with Gasteiger partial charge in [-0.15, -0.1) is 0 Å². The fourth-order valence-electron chi connectivity index (χ4n) is 1.55. The summed E-state index contributed by atoms with van der Waals surface area (Å²) in [5, 5.41) is 2.80. The molecule has 1 aromatic heterocycles. The van der Waals surface area contributed by atoms with Crippen molar-refractivity contribution < 1.29 is 4.79 Å². The first-order valence-electron chi connectivity index (χ1n) is 5.24. The van der Waals surface area contributed by atoms with Crippen molar-refractivity contribution in [1.82, 2.24) is 4.98 Å². The maximum Gasteiger partial charge on any atom is 0.255 e. The minimum absolute atomic E-state index is 0.153. The second kappa shape index (κ2) is 5.63. The maximum absolute atomic E-state index is 12.1. The first-order valence-corrected chi connectivity index (χ1v) is 6.82. The average Bonchev–Trinajstić information content (AvgIpc) is 2.27. The van der Waals surface area contributed by atoms with Gasteiger partial charge in [0.05, 0.1) is 11.9 Å². The van der Waals surface area contributed by atoms with Crippen LogP contribution in [0.3, 0.4) is 0 Å². The molecular weight excluding hydrogens is 360 g/mol. The molecule has 2 aromatic rings. The topological polar surface area (TPSA) is 42.0 Å². The molecule has 5 heteroatoms. The molecular formula is C13H10Br2N2O. The summed E-state index contributed by atoms with van der Waals surface area (Å²) in [4.78, 5) is 16.0. The Morgan fingerprint density at radius 3 is 2.56 bits per heavy atom. The van der Waals surface area contributed by atoms with Crippen LogP contribution in [0.5, 0.6) is 0 Å². The number of carbonyl (C=O) groups excluding carboxylic acids is 1. The summed E-state index contributed by atoms with van der Waals surface area (Å²) in [6.07, 6.45) is 3.27. The molecule has 1 heterocycles. The van der Waals surface area contributed by atoms with Crippen molar-refractivity contribution in [2.24, 2.45) is 0 Å². The number of hydrogen-bond acceptors (Lipinski definition) is 2. The third kappa shape index (κ3) is 3.40. The van der Waals surface area contributed by atoms with Crippen LogP contribution < -0.4 is 5.32 Å². The lowest BCUT2D eigenvalue weighted by molar-refractivity contribution is 0.102. The predicted molar refractivity (Wildman–Crippen MR) is 78.8 cm³/mol.